The number of halogens is 6. The summed E-state index contributed by atoms with van der Waals surface area (Å²) in [6, 6.07) is 8.01. The Morgan fingerprint density at radius 1 is 0.895 bits per heavy atom. The van der Waals surface area contributed by atoms with Crippen molar-refractivity contribution in [3.63, 3.8) is 0 Å². The summed E-state index contributed by atoms with van der Waals surface area (Å²) in [6.07, 6.45) is -8.66. The van der Waals surface area contributed by atoms with Crippen LogP contribution in [0.1, 0.15) is 42.3 Å². The summed E-state index contributed by atoms with van der Waals surface area (Å²) < 4.78 is 76.8. The van der Waals surface area contributed by atoms with Gasteiger partial charge in [0, 0.05) is 22.7 Å². The van der Waals surface area contributed by atoms with Gasteiger partial charge in [0.2, 0.25) is 0 Å². The van der Waals surface area contributed by atoms with E-state index in [9.17, 15) is 35.9 Å². The predicted molar refractivity (Wildman–Crippen MR) is 134 cm³/mol. The van der Waals surface area contributed by atoms with E-state index in [0.29, 0.717) is 29.1 Å². The van der Waals surface area contributed by atoms with Crippen LogP contribution in [-0.4, -0.2) is 28.4 Å². The minimum Gasteiger partial charge on any atom is -0.365 e. The Bertz CT molecular complexity index is 1380. The first-order valence-electron chi connectivity index (χ1n) is 10.9. The smallest absolute Gasteiger partial charge is 0.365 e. The molecule has 6 nitrogen and oxygen atoms in total. The van der Waals surface area contributed by atoms with Gasteiger partial charge in [-0.3, -0.25) is 9.59 Å². The first-order chi connectivity index (χ1) is 17.7. The van der Waals surface area contributed by atoms with Crippen LogP contribution in [0.4, 0.5) is 37.0 Å². The Morgan fingerprint density at radius 2 is 1.45 bits per heavy atom. The van der Waals surface area contributed by atoms with Crippen molar-refractivity contribution in [1.29, 1.82) is 0 Å². The quantitative estimate of drug-likeness (QED) is 0.268. The van der Waals surface area contributed by atoms with Crippen LogP contribution in [0.3, 0.4) is 0 Å². The Morgan fingerprint density at radius 3 is 1.97 bits per heavy atom. The Labute approximate surface area is 221 Å². The maximum atomic E-state index is 12.8. The second-order valence-corrected chi connectivity index (χ2v) is 9.77. The molecule has 2 heterocycles. The van der Waals surface area contributed by atoms with Crippen molar-refractivity contribution < 1.29 is 35.9 Å². The molecule has 200 valence electrons. The molecule has 14 heteroatoms. The Hall–Kier alpha value is -3.65. The molecule has 0 saturated carbocycles. The number of nitrogens with two attached hydrogens (primary N) is 1. The molecular weight excluding hydrogens is 554 g/mol. The predicted octanol–water partition coefficient (Wildman–Crippen LogP) is 5.89. The maximum Gasteiger partial charge on any atom is 0.416 e. The fourth-order valence-electron chi connectivity index (χ4n) is 3.86. The molecule has 0 bridgehead atoms. The molecule has 3 aromatic rings. The highest BCUT2D eigenvalue weighted by atomic mass is 32.1. The van der Waals surface area contributed by atoms with E-state index in [1.165, 1.54) is 12.1 Å². The number of primary amides is 1. The van der Waals surface area contributed by atoms with E-state index in [1.54, 1.807) is 4.90 Å². The molecule has 2 amide bonds. The molecule has 2 aromatic carbocycles. The molecule has 4 N–H and O–H groups in total. The Kier molecular flexibility index (Phi) is 7.39. The summed E-state index contributed by atoms with van der Waals surface area (Å²) >= 11 is 6.49. The van der Waals surface area contributed by atoms with E-state index in [1.807, 2.05) is 0 Å². The van der Waals surface area contributed by atoms with Crippen LogP contribution < -0.4 is 16.4 Å². The molecule has 4 rings (SSSR count). The summed E-state index contributed by atoms with van der Waals surface area (Å²) in [7, 11) is 0. The number of carbonyl (C=O) groups is 2. The molecule has 38 heavy (non-hydrogen) atoms. The summed E-state index contributed by atoms with van der Waals surface area (Å²) in [5.74, 6) is -1.49. The van der Waals surface area contributed by atoms with Gasteiger partial charge in [0.15, 0.2) is 5.11 Å². The molecule has 0 aliphatic carbocycles. The lowest BCUT2D eigenvalue weighted by atomic mass is 10.0. The molecule has 0 radical (unpaired) electrons. The van der Waals surface area contributed by atoms with Gasteiger partial charge in [-0.15, -0.1) is 11.3 Å². The third-order valence-corrected chi connectivity index (χ3v) is 7.25. The van der Waals surface area contributed by atoms with Crippen LogP contribution in [0.5, 0.6) is 0 Å². The molecule has 0 saturated heterocycles. The van der Waals surface area contributed by atoms with Crippen LogP contribution >= 0.6 is 23.6 Å². The number of thiophene rings is 1. The molecule has 1 aliphatic heterocycles. The van der Waals surface area contributed by atoms with E-state index in [0.717, 1.165) is 47.7 Å². The molecule has 0 unspecified atom stereocenters. The minimum absolute atomic E-state index is 0.0386. The molecule has 0 fully saturated rings. The monoisotopic (exact) mass is 572 g/mol. The van der Waals surface area contributed by atoms with Crippen LogP contribution in [0.15, 0.2) is 48.5 Å². The number of anilines is 2. The van der Waals surface area contributed by atoms with Gasteiger partial charge in [-0.05, 0) is 72.7 Å². The minimum atomic E-state index is -4.55. The van der Waals surface area contributed by atoms with Gasteiger partial charge < -0.3 is 21.3 Å². The number of carbonyl (C=O) groups excluding carboxylic acids is 2. The summed E-state index contributed by atoms with van der Waals surface area (Å²) in [6.45, 7) is 0.603. The second-order valence-electron chi connectivity index (χ2n) is 8.28. The SMILES string of the molecule is NC(=O)c1c(NC(=O)c2ccc(C(F)(F)F)cc2)sc2c1CCN(C(=S)Nc1ccc(C(F)(F)F)cc1)C2. The second kappa shape index (κ2) is 10.3. The zero-order chi connectivity index (χ0) is 27.8. The van der Waals surface area contributed by atoms with Gasteiger partial charge in [0.25, 0.3) is 11.8 Å². The van der Waals surface area contributed by atoms with E-state index in [-0.39, 0.29) is 27.8 Å². The van der Waals surface area contributed by atoms with Gasteiger partial charge in [0.1, 0.15) is 5.00 Å². The van der Waals surface area contributed by atoms with Crippen molar-refractivity contribution in [1.82, 2.24) is 4.90 Å². The fraction of sp³-hybridized carbons (Fsp3) is 0.208. The summed E-state index contributed by atoms with van der Waals surface area (Å²) in [4.78, 5) is 27.3. The van der Waals surface area contributed by atoms with Gasteiger partial charge in [-0.25, -0.2) is 0 Å². The highest BCUT2D eigenvalue weighted by Gasteiger charge is 2.32. The maximum absolute atomic E-state index is 12.8. The van der Waals surface area contributed by atoms with Crippen LogP contribution in [0, 0.1) is 0 Å². The molecule has 1 aromatic heterocycles. The van der Waals surface area contributed by atoms with E-state index in [2.05, 4.69) is 10.6 Å². The molecule has 1 aliphatic rings. The normalized spacial score (nSPS) is 13.6. The van der Waals surface area contributed by atoms with Gasteiger partial charge in [-0.1, -0.05) is 0 Å². The van der Waals surface area contributed by atoms with Crippen molar-refractivity contribution in [2.45, 2.75) is 25.3 Å². The van der Waals surface area contributed by atoms with Crippen molar-refractivity contribution in [2.75, 3.05) is 17.2 Å². The van der Waals surface area contributed by atoms with E-state index in [4.69, 9.17) is 18.0 Å². The first kappa shape index (κ1) is 27.4. The zero-order valence-corrected chi connectivity index (χ0v) is 20.8. The van der Waals surface area contributed by atoms with Crippen molar-refractivity contribution in [3.8, 4) is 0 Å². The van der Waals surface area contributed by atoms with Crippen molar-refractivity contribution in [2.24, 2.45) is 5.73 Å². The number of nitrogens with zero attached hydrogens (tertiary/aromatic N) is 1. The third-order valence-electron chi connectivity index (χ3n) is 5.76. The van der Waals surface area contributed by atoms with Crippen LogP contribution in [-0.2, 0) is 25.3 Å². The lowest BCUT2D eigenvalue weighted by Crippen LogP contribution is -2.38. The topological polar surface area (TPSA) is 87.5 Å². The highest BCUT2D eigenvalue weighted by molar-refractivity contribution is 7.80. The van der Waals surface area contributed by atoms with Gasteiger partial charge >= 0.3 is 12.4 Å². The van der Waals surface area contributed by atoms with Gasteiger partial charge in [0.05, 0.1) is 23.2 Å². The zero-order valence-electron chi connectivity index (χ0n) is 19.2. The average molecular weight is 573 g/mol. The number of alkyl halides is 6. The third kappa shape index (κ3) is 5.91. The number of fused-ring (bicyclic) bond motifs is 1. The lowest BCUT2D eigenvalue weighted by Gasteiger charge is -2.29. The van der Waals surface area contributed by atoms with Crippen LogP contribution in [0.25, 0.3) is 0 Å². The standard InChI is InChI=1S/C24H18F6N4O2S2/c25-23(26,27)13-3-1-12(2-4-13)20(36)33-21-18(19(31)35)16-9-10-34(11-17(16)38-21)22(37)32-15-7-5-14(6-8-15)24(28,29)30/h1-8H,9-11H2,(H2,31,35)(H,32,37)(H,33,36). The number of amides is 2. The van der Waals surface area contributed by atoms with Crippen molar-refractivity contribution in [3.05, 3.63) is 81.2 Å². The number of rotatable bonds is 4. The fourth-order valence-corrected chi connectivity index (χ4v) is 5.39. The van der Waals surface area contributed by atoms with Gasteiger partial charge in [-0.2, -0.15) is 26.3 Å². The number of hydrogen-bond donors (Lipinski definition) is 3. The summed E-state index contributed by atoms with van der Waals surface area (Å²) in [5.41, 5.74) is 4.93. The molecular formula is C24H18F6N4O2S2. The van der Waals surface area contributed by atoms with Crippen LogP contribution in [0.2, 0.25) is 0 Å². The number of thiocarbonyl (C=S) groups is 1. The first-order valence-corrected chi connectivity index (χ1v) is 12.1. The molecule has 0 spiro atoms. The number of hydrogen-bond acceptors (Lipinski definition) is 4. The average Bonchev–Trinajstić information content (AvgIpc) is 3.20. The Balaban J connectivity index is 1.48. The number of nitrogens with one attached hydrogen (secondary N) is 2. The summed E-state index contributed by atoms with van der Waals surface area (Å²) in [5, 5.41) is 5.86. The van der Waals surface area contributed by atoms with E-state index >= 15 is 0 Å². The van der Waals surface area contributed by atoms with Crippen molar-refractivity contribution >= 4 is 51.2 Å². The van der Waals surface area contributed by atoms with E-state index < -0.39 is 35.3 Å². The largest absolute Gasteiger partial charge is 0.416 e. The highest BCUT2D eigenvalue weighted by Crippen LogP contribution is 2.38. The molecule has 0 atom stereocenters. The lowest BCUT2D eigenvalue weighted by molar-refractivity contribution is -0.138. The number of benzene rings is 2.